The van der Waals surface area contributed by atoms with Gasteiger partial charge in [-0.2, -0.15) is 13.2 Å². The molecule has 0 N–H and O–H groups in total. The zero-order chi connectivity index (χ0) is 10.1. The van der Waals surface area contributed by atoms with Gasteiger partial charge in [0.2, 0.25) is 0 Å². The van der Waals surface area contributed by atoms with E-state index in [4.69, 9.17) is 0 Å². The van der Waals surface area contributed by atoms with E-state index in [1.807, 2.05) is 0 Å². The van der Waals surface area contributed by atoms with Crippen LogP contribution in [0.15, 0.2) is 19.0 Å². The van der Waals surface area contributed by atoms with Crippen molar-refractivity contribution in [3.63, 3.8) is 0 Å². The second-order valence-corrected chi connectivity index (χ2v) is 2.57. The van der Waals surface area contributed by atoms with Crippen LogP contribution in [-0.2, 0) is 6.18 Å². The number of rotatable bonds is 1. The number of hydrogen-bond donors (Lipinski definition) is 0. The highest BCUT2D eigenvalue weighted by molar-refractivity contribution is 5.56. The average molecular weight is 188 g/mol. The maximum absolute atomic E-state index is 12.1. The summed E-state index contributed by atoms with van der Waals surface area (Å²) in [4.78, 5) is 6.79. The predicted molar refractivity (Wildman–Crippen MR) is 41.7 cm³/mol. The van der Waals surface area contributed by atoms with Crippen LogP contribution in [-0.4, -0.2) is 9.97 Å². The zero-order valence-corrected chi connectivity index (χ0v) is 6.89. The highest BCUT2D eigenvalue weighted by Crippen LogP contribution is 2.27. The Kier molecular flexibility index (Phi) is 2.36. The van der Waals surface area contributed by atoms with Crippen LogP contribution in [0.5, 0.6) is 0 Å². The van der Waals surface area contributed by atoms with Crippen LogP contribution < -0.4 is 0 Å². The van der Waals surface area contributed by atoms with Gasteiger partial charge in [0.25, 0.3) is 0 Å². The Bertz CT molecular complexity index is 330. The largest absolute Gasteiger partial charge is 0.434 e. The van der Waals surface area contributed by atoms with E-state index < -0.39 is 11.9 Å². The van der Waals surface area contributed by atoms with E-state index in [0.29, 0.717) is 11.8 Å². The molecule has 0 aromatic carbocycles. The number of nitrogens with zero attached hydrogens (tertiary/aromatic N) is 2. The average Bonchev–Trinajstić information content (AvgIpc) is 2.03. The highest BCUT2D eigenvalue weighted by atomic mass is 19.4. The normalized spacial score (nSPS) is 11.4. The molecule has 1 heterocycles. The van der Waals surface area contributed by atoms with Gasteiger partial charge >= 0.3 is 6.18 Å². The lowest BCUT2D eigenvalue weighted by molar-refractivity contribution is -0.141. The van der Waals surface area contributed by atoms with Crippen molar-refractivity contribution >= 4 is 5.57 Å². The fourth-order valence-corrected chi connectivity index (χ4v) is 0.708. The van der Waals surface area contributed by atoms with Crippen molar-refractivity contribution in [1.29, 1.82) is 0 Å². The van der Waals surface area contributed by atoms with Gasteiger partial charge in [-0.3, -0.25) is 4.98 Å². The van der Waals surface area contributed by atoms with Crippen LogP contribution in [0.3, 0.4) is 0 Å². The quantitative estimate of drug-likeness (QED) is 0.676. The van der Waals surface area contributed by atoms with Crippen LogP contribution in [0.25, 0.3) is 5.57 Å². The Morgan fingerprint density at radius 3 is 2.46 bits per heavy atom. The number of halogens is 3. The van der Waals surface area contributed by atoms with E-state index in [-0.39, 0.29) is 5.69 Å². The second kappa shape index (κ2) is 3.16. The van der Waals surface area contributed by atoms with E-state index in [1.54, 1.807) is 6.92 Å². The summed E-state index contributed by atoms with van der Waals surface area (Å²) in [6.45, 7) is 5.05. The van der Waals surface area contributed by atoms with Gasteiger partial charge in [0.15, 0.2) is 5.69 Å². The standard InChI is InChI=1S/C8H7F3N2/c1-5(2)6-3-12-4-7(13-6)8(9,10)11/h3-4H,1H2,2H3. The third-order valence-corrected chi connectivity index (χ3v) is 1.36. The van der Waals surface area contributed by atoms with E-state index in [2.05, 4.69) is 16.5 Å². The van der Waals surface area contributed by atoms with Crippen molar-refractivity contribution in [3.8, 4) is 0 Å². The van der Waals surface area contributed by atoms with Crippen LogP contribution in [0, 0.1) is 0 Å². The molecule has 0 amide bonds. The molecule has 0 atom stereocenters. The fourth-order valence-electron chi connectivity index (χ4n) is 0.708. The summed E-state index contributed by atoms with van der Waals surface area (Å²) in [5.41, 5.74) is -0.374. The molecule has 0 saturated heterocycles. The molecule has 0 aliphatic heterocycles. The topological polar surface area (TPSA) is 25.8 Å². The van der Waals surface area contributed by atoms with Gasteiger partial charge in [-0.05, 0) is 12.5 Å². The van der Waals surface area contributed by atoms with Gasteiger partial charge < -0.3 is 0 Å². The van der Waals surface area contributed by atoms with Gasteiger partial charge in [-0.25, -0.2) is 4.98 Å². The summed E-state index contributed by atoms with van der Waals surface area (Å²) < 4.78 is 36.3. The number of hydrogen-bond acceptors (Lipinski definition) is 2. The molecule has 70 valence electrons. The summed E-state index contributed by atoms with van der Waals surface area (Å²) in [5.74, 6) is 0. The molecule has 0 spiro atoms. The fraction of sp³-hybridized carbons (Fsp3) is 0.250. The summed E-state index contributed by atoms with van der Waals surface area (Å²) >= 11 is 0. The summed E-state index contributed by atoms with van der Waals surface area (Å²) in [6.07, 6.45) is -2.51. The van der Waals surface area contributed by atoms with Crippen molar-refractivity contribution in [3.05, 3.63) is 30.4 Å². The Balaban J connectivity index is 3.13. The van der Waals surface area contributed by atoms with Crippen LogP contribution >= 0.6 is 0 Å². The maximum Gasteiger partial charge on any atom is 0.434 e. The van der Waals surface area contributed by atoms with Crippen LogP contribution in [0.2, 0.25) is 0 Å². The Morgan fingerprint density at radius 2 is 2.00 bits per heavy atom. The lowest BCUT2D eigenvalue weighted by atomic mass is 10.2. The molecule has 0 aliphatic carbocycles. The highest BCUT2D eigenvalue weighted by Gasteiger charge is 2.33. The van der Waals surface area contributed by atoms with E-state index >= 15 is 0 Å². The second-order valence-electron chi connectivity index (χ2n) is 2.57. The number of allylic oxidation sites excluding steroid dienone is 1. The van der Waals surface area contributed by atoms with Crippen LogP contribution in [0.1, 0.15) is 18.3 Å². The molecule has 1 rings (SSSR count). The van der Waals surface area contributed by atoms with Crippen molar-refractivity contribution in [1.82, 2.24) is 9.97 Å². The van der Waals surface area contributed by atoms with E-state index in [1.165, 1.54) is 6.20 Å². The minimum absolute atomic E-state index is 0.162. The first-order valence-corrected chi connectivity index (χ1v) is 3.46. The molecule has 0 fully saturated rings. The number of aromatic nitrogens is 2. The summed E-state index contributed by atoms with van der Waals surface area (Å²) in [6, 6.07) is 0. The number of alkyl halides is 3. The monoisotopic (exact) mass is 188 g/mol. The molecule has 0 aliphatic rings. The first kappa shape index (κ1) is 9.70. The first-order chi connectivity index (χ1) is 5.91. The molecule has 1 aromatic heterocycles. The predicted octanol–water partition coefficient (Wildman–Crippen LogP) is 2.53. The van der Waals surface area contributed by atoms with E-state index in [0.717, 1.165) is 0 Å². The Hall–Kier alpha value is -1.39. The molecule has 2 nitrogen and oxygen atoms in total. The molecular weight excluding hydrogens is 181 g/mol. The SMILES string of the molecule is C=C(C)c1cncc(C(F)(F)F)n1. The molecule has 0 saturated carbocycles. The van der Waals surface area contributed by atoms with Crippen molar-refractivity contribution < 1.29 is 13.2 Å². The van der Waals surface area contributed by atoms with Crippen molar-refractivity contribution in [2.75, 3.05) is 0 Å². The summed E-state index contributed by atoms with van der Waals surface area (Å²) in [7, 11) is 0. The van der Waals surface area contributed by atoms with Crippen LogP contribution in [0.4, 0.5) is 13.2 Å². The minimum atomic E-state index is -4.45. The van der Waals surface area contributed by atoms with Gasteiger partial charge in [-0.15, -0.1) is 0 Å². The molecule has 1 aromatic rings. The lowest BCUT2D eigenvalue weighted by Gasteiger charge is -2.06. The van der Waals surface area contributed by atoms with Crippen molar-refractivity contribution in [2.45, 2.75) is 13.1 Å². The zero-order valence-electron chi connectivity index (χ0n) is 6.89. The molecule has 0 bridgehead atoms. The molecule has 5 heteroatoms. The van der Waals surface area contributed by atoms with Gasteiger partial charge in [0.1, 0.15) is 0 Å². The van der Waals surface area contributed by atoms with E-state index in [9.17, 15) is 13.2 Å². The van der Waals surface area contributed by atoms with Crippen molar-refractivity contribution in [2.24, 2.45) is 0 Å². The summed E-state index contributed by atoms with van der Waals surface area (Å²) in [5, 5.41) is 0. The van der Waals surface area contributed by atoms with Gasteiger partial charge in [0, 0.05) is 0 Å². The molecule has 0 unspecified atom stereocenters. The minimum Gasteiger partial charge on any atom is -0.260 e. The van der Waals surface area contributed by atoms with Gasteiger partial charge in [0.05, 0.1) is 18.1 Å². The molecule has 13 heavy (non-hydrogen) atoms. The Labute approximate surface area is 73.1 Å². The molecule has 0 radical (unpaired) electrons. The lowest BCUT2D eigenvalue weighted by Crippen LogP contribution is -2.09. The maximum atomic E-state index is 12.1. The van der Waals surface area contributed by atoms with Gasteiger partial charge in [-0.1, -0.05) is 6.58 Å². The third-order valence-electron chi connectivity index (χ3n) is 1.36. The molecular formula is C8H7F3N2. The third kappa shape index (κ3) is 2.27. The smallest absolute Gasteiger partial charge is 0.260 e. The Morgan fingerprint density at radius 1 is 1.38 bits per heavy atom. The first-order valence-electron chi connectivity index (χ1n) is 3.46.